The lowest BCUT2D eigenvalue weighted by molar-refractivity contribution is -0.146. The first-order valence-corrected chi connectivity index (χ1v) is 8.42. The molecule has 1 heterocycles. The number of allylic oxidation sites excluding steroid dienone is 2. The third-order valence-corrected chi connectivity index (χ3v) is 5.22. The Kier molecular flexibility index (Phi) is 3.71. The maximum absolute atomic E-state index is 12.7. The number of hydrogen-bond donors (Lipinski definition) is 2. The fourth-order valence-corrected chi connectivity index (χ4v) is 4.05. The largest absolute Gasteiger partial charge is 0.481 e. The fourth-order valence-electron chi connectivity index (χ4n) is 4.05. The van der Waals surface area contributed by atoms with Gasteiger partial charge < -0.3 is 14.8 Å². The Morgan fingerprint density at radius 1 is 1.04 bits per heavy atom. The molecule has 2 aliphatic rings. The molecular formula is C20H19NO4. The lowest BCUT2D eigenvalue weighted by atomic mass is 9.82. The minimum absolute atomic E-state index is 0.0245. The molecule has 5 heteroatoms. The number of rotatable bonds is 4. The van der Waals surface area contributed by atoms with Gasteiger partial charge in [-0.05, 0) is 61.6 Å². The molecule has 128 valence electrons. The van der Waals surface area contributed by atoms with Crippen LogP contribution in [0.3, 0.4) is 0 Å². The van der Waals surface area contributed by atoms with Gasteiger partial charge in [-0.3, -0.25) is 9.59 Å². The fraction of sp³-hybridized carbons (Fsp3) is 0.300. The van der Waals surface area contributed by atoms with Crippen molar-refractivity contribution >= 4 is 17.6 Å². The molecule has 1 fully saturated rings. The first kappa shape index (κ1) is 15.7. The molecule has 25 heavy (non-hydrogen) atoms. The highest BCUT2D eigenvalue weighted by atomic mass is 16.4. The van der Waals surface area contributed by atoms with Crippen LogP contribution in [0.15, 0.2) is 53.0 Å². The summed E-state index contributed by atoms with van der Waals surface area (Å²) in [6.45, 7) is 1.89. The number of amides is 1. The molecule has 4 atom stereocenters. The zero-order chi connectivity index (χ0) is 17.6. The number of aryl methyl sites for hydroxylation is 1. The maximum Gasteiger partial charge on any atom is 0.307 e. The van der Waals surface area contributed by atoms with Crippen molar-refractivity contribution in [1.29, 1.82) is 0 Å². The Morgan fingerprint density at radius 2 is 1.72 bits per heavy atom. The molecule has 0 spiro atoms. The Labute approximate surface area is 145 Å². The van der Waals surface area contributed by atoms with Gasteiger partial charge in [-0.25, -0.2) is 0 Å². The minimum Gasteiger partial charge on any atom is -0.481 e. The Morgan fingerprint density at radius 3 is 2.32 bits per heavy atom. The summed E-state index contributed by atoms with van der Waals surface area (Å²) in [4.78, 5) is 24.2. The first-order valence-electron chi connectivity index (χ1n) is 8.42. The molecule has 2 aliphatic carbocycles. The van der Waals surface area contributed by atoms with Crippen LogP contribution in [0.1, 0.15) is 12.2 Å². The summed E-state index contributed by atoms with van der Waals surface area (Å²) >= 11 is 0. The van der Waals surface area contributed by atoms with Crippen molar-refractivity contribution in [3.05, 3.63) is 54.3 Å². The predicted octanol–water partition coefficient (Wildman–Crippen LogP) is 3.72. The van der Waals surface area contributed by atoms with Crippen LogP contribution in [0.25, 0.3) is 11.3 Å². The zero-order valence-electron chi connectivity index (χ0n) is 13.8. The third kappa shape index (κ3) is 2.76. The minimum atomic E-state index is -0.888. The summed E-state index contributed by atoms with van der Waals surface area (Å²) in [5.74, 6) is -0.609. The maximum atomic E-state index is 12.7. The van der Waals surface area contributed by atoms with Crippen LogP contribution < -0.4 is 5.32 Å². The number of aliphatic carboxylic acids is 1. The van der Waals surface area contributed by atoms with E-state index in [4.69, 9.17) is 4.42 Å². The van der Waals surface area contributed by atoms with E-state index in [0.29, 0.717) is 5.69 Å². The van der Waals surface area contributed by atoms with E-state index in [2.05, 4.69) is 5.32 Å². The molecule has 0 radical (unpaired) electrons. The molecule has 1 amide bonds. The zero-order valence-corrected chi connectivity index (χ0v) is 13.8. The van der Waals surface area contributed by atoms with Crippen LogP contribution in [0, 0.1) is 30.6 Å². The Balaban J connectivity index is 1.49. The number of furan rings is 1. The van der Waals surface area contributed by atoms with Gasteiger partial charge >= 0.3 is 5.97 Å². The molecule has 4 rings (SSSR count). The number of carboxylic acid groups (broad SMARTS) is 1. The van der Waals surface area contributed by atoms with Crippen LogP contribution in [0.2, 0.25) is 0 Å². The Bertz CT molecular complexity index is 849. The van der Waals surface area contributed by atoms with Gasteiger partial charge in [0.05, 0.1) is 11.8 Å². The van der Waals surface area contributed by atoms with E-state index in [0.717, 1.165) is 23.5 Å². The lowest BCUT2D eigenvalue weighted by Gasteiger charge is -2.23. The van der Waals surface area contributed by atoms with E-state index >= 15 is 0 Å². The van der Waals surface area contributed by atoms with Gasteiger partial charge in [0, 0.05) is 11.3 Å². The average Bonchev–Trinajstić information content (AvgIpc) is 3.30. The summed E-state index contributed by atoms with van der Waals surface area (Å²) in [5.41, 5.74) is 1.59. The highest BCUT2D eigenvalue weighted by Gasteiger charge is 2.51. The van der Waals surface area contributed by atoms with Gasteiger partial charge in [0.15, 0.2) is 0 Å². The second kappa shape index (κ2) is 5.92. The number of fused-ring (bicyclic) bond motifs is 2. The molecule has 2 aromatic rings. The first-order chi connectivity index (χ1) is 12.0. The highest BCUT2D eigenvalue weighted by molar-refractivity contribution is 5.96. The van der Waals surface area contributed by atoms with Crippen LogP contribution >= 0.6 is 0 Å². The van der Waals surface area contributed by atoms with Crippen molar-refractivity contribution in [2.45, 2.75) is 13.3 Å². The van der Waals surface area contributed by atoms with E-state index < -0.39 is 17.8 Å². The van der Waals surface area contributed by atoms with Crippen molar-refractivity contribution in [2.24, 2.45) is 23.7 Å². The van der Waals surface area contributed by atoms with Gasteiger partial charge in [-0.2, -0.15) is 0 Å². The van der Waals surface area contributed by atoms with Gasteiger partial charge in [0.1, 0.15) is 11.5 Å². The van der Waals surface area contributed by atoms with E-state index in [1.54, 1.807) is 0 Å². The van der Waals surface area contributed by atoms with E-state index in [9.17, 15) is 14.7 Å². The standard InChI is InChI=1S/C20H19NO4/c1-11-2-9-16(25-11)12-5-7-15(8-6-12)21-19(22)17-13-3-4-14(10-13)18(17)20(23)24/h2-9,13-14,17-18H,10H2,1H3,(H,21,22)(H,23,24)/t13-,14+,17?,18?/m0/s1. The Hall–Kier alpha value is -2.82. The predicted molar refractivity (Wildman–Crippen MR) is 92.9 cm³/mol. The van der Waals surface area contributed by atoms with Crippen LogP contribution in [-0.2, 0) is 9.59 Å². The average molecular weight is 337 g/mol. The van der Waals surface area contributed by atoms with Crippen LogP contribution in [-0.4, -0.2) is 17.0 Å². The van der Waals surface area contributed by atoms with E-state index in [-0.39, 0.29) is 17.7 Å². The number of benzene rings is 1. The summed E-state index contributed by atoms with van der Waals surface area (Å²) in [7, 11) is 0. The highest BCUT2D eigenvalue weighted by Crippen LogP contribution is 2.48. The lowest BCUT2D eigenvalue weighted by Crippen LogP contribution is -2.36. The summed E-state index contributed by atoms with van der Waals surface area (Å²) in [6, 6.07) is 11.2. The topological polar surface area (TPSA) is 79.5 Å². The molecule has 1 aromatic heterocycles. The van der Waals surface area contributed by atoms with Crippen LogP contribution in [0.4, 0.5) is 5.69 Å². The molecule has 1 saturated carbocycles. The van der Waals surface area contributed by atoms with Crippen molar-refractivity contribution in [3.63, 3.8) is 0 Å². The molecule has 2 unspecified atom stereocenters. The number of nitrogens with one attached hydrogen (secondary N) is 1. The molecule has 2 bridgehead atoms. The molecule has 0 aliphatic heterocycles. The normalized spacial score (nSPS) is 26.8. The SMILES string of the molecule is Cc1ccc(-c2ccc(NC(=O)C3C(C(=O)O)[C@@H]4C=C[C@H]3C4)cc2)o1. The van der Waals surface area contributed by atoms with Gasteiger partial charge in [-0.1, -0.05) is 12.2 Å². The van der Waals surface area contributed by atoms with E-state index in [1.807, 2.05) is 55.5 Å². The number of anilines is 1. The number of hydrogen-bond acceptors (Lipinski definition) is 3. The third-order valence-electron chi connectivity index (χ3n) is 5.22. The molecule has 0 saturated heterocycles. The number of carbonyl (C=O) groups excluding carboxylic acids is 1. The van der Waals surface area contributed by atoms with Crippen LogP contribution in [0.5, 0.6) is 0 Å². The summed E-state index contributed by atoms with van der Waals surface area (Å²) < 4.78 is 5.59. The second-order valence-corrected chi connectivity index (χ2v) is 6.82. The smallest absolute Gasteiger partial charge is 0.307 e. The quantitative estimate of drug-likeness (QED) is 0.834. The molecule has 5 nitrogen and oxygen atoms in total. The van der Waals surface area contributed by atoms with Gasteiger partial charge in [-0.15, -0.1) is 0 Å². The summed E-state index contributed by atoms with van der Waals surface area (Å²) in [6.07, 6.45) is 4.68. The summed E-state index contributed by atoms with van der Waals surface area (Å²) in [5, 5.41) is 12.3. The molecule has 2 N–H and O–H groups in total. The molecular weight excluding hydrogens is 318 g/mol. The van der Waals surface area contributed by atoms with E-state index in [1.165, 1.54) is 0 Å². The van der Waals surface area contributed by atoms with Gasteiger partial charge in [0.2, 0.25) is 5.91 Å². The van der Waals surface area contributed by atoms with Gasteiger partial charge in [0.25, 0.3) is 0 Å². The monoisotopic (exact) mass is 337 g/mol. The van der Waals surface area contributed by atoms with Crippen molar-refractivity contribution in [2.75, 3.05) is 5.32 Å². The number of carbonyl (C=O) groups is 2. The van der Waals surface area contributed by atoms with Crippen molar-refractivity contribution in [1.82, 2.24) is 0 Å². The molecule has 1 aromatic carbocycles. The number of carboxylic acids is 1. The van der Waals surface area contributed by atoms with Crippen molar-refractivity contribution < 1.29 is 19.1 Å². The second-order valence-electron chi connectivity index (χ2n) is 6.82. The van der Waals surface area contributed by atoms with Crippen molar-refractivity contribution in [3.8, 4) is 11.3 Å².